The third-order valence-corrected chi connectivity index (χ3v) is 2.98. The molecule has 0 aliphatic carbocycles. The van der Waals surface area contributed by atoms with Gasteiger partial charge in [-0.25, -0.2) is 0 Å². The summed E-state index contributed by atoms with van der Waals surface area (Å²) < 4.78 is 25.2. The van der Waals surface area contributed by atoms with Crippen molar-refractivity contribution in [2.24, 2.45) is 5.73 Å². The van der Waals surface area contributed by atoms with Crippen LogP contribution in [0.15, 0.2) is 0 Å². The van der Waals surface area contributed by atoms with E-state index in [1.54, 1.807) is 0 Å². The Bertz CT molecular complexity index is 561. The average Bonchev–Trinajstić information content (AvgIpc) is 2.51. The van der Waals surface area contributed by atoms with Crippen molar-refractivity contribution in [3.05, 3.63) is 0 Å². The lowest BCUT2D eigenvalue weighted by atomic mass is 10.0. The second-order valence-corrected chi connectivity index (χ2v) is 5.48. The van der Waals surface area contributed by atoms with Gasteiger partial charge in [0, 0.05) is 41.2 Å². The van der Waals surface area contributed by atoms with Gasteiger partial charge in [0.2, 0.25) is 0 Å². The molecule has 0 aromatic carbocycles. The second-order valence-electron chi connectivity index (χ2n) is 5.48. The second kappa shape index (κ2) is 11.8. The fraction of sp³-hybridized carbons (Fsp3) is 0.688. The van der Waals surface area contributed by atoms with Gasteiger partial charge >= 0.3 is 29.8 Å². The van der Waals surface area contributed by atoms with Crippen LogP contribution >= 0.6 is 0 Å². The maximum absolute atomic E-state index is 11.6. The predicted molar refractivity (Wildman–Crippen MR) is 87.9 cm³/mol. The van der Waals surface area contributed by atoms with Gasteiger partial charge in [-0.2, -0.15) is 0 Å². The number of rotatable bonds is 10. The van der Waals surface area contributed by atoms with Crippen molar-refractivity contribution in [2.45, 2.75) is 59.0 Å². The fourth-order valence-corrected chi connectivity index (χ4v) is 2.16. The molecule has 154 valence electrons. The summed E-state index contributed by atoms with van der Waals surface area (Å²) in [4.78, 5) is 57.0. The maximum Gasteiger partial charge on any atom is 0.303 e. The van der Waals surface area contributed by atoms with Crippen molar-refractivity contribution < 1.29 is 47.7 Å². The highest BCUT2D eigenvalue weighted by Gasteiger charge is 2.43. The molecule has 0 bridgehead atoms. The Morgan fingerprint density at radius 2 is 1.00 bits per heavy atom. The Kier molecular flexibility index (Phi) is 10.7. The monoisotopic (exact) mass is 391 g/mol. The van der Waals surface area contributed by atoms with Crippen LogP contribution in [0.1, 0.15) is 34.6 Å². The number of nitrogens with two attached hydrogens (primary N) is 1. The van der Waals surface area contributed by atoms with E-state index in [4.69, 9.17) is 29.4 Å². The van der Waals surface area contributed by atoms with Crippen molar-refractivity contribution in [1.82, 2.24) is 0 Å². The smallest absolute Gasteiger partial charge is 0.303 e. The standard InChI is InChI=1S/C16H25NO10/c1-8(18)23-7-14(25-10(3)20)16(27-12(5)22)15(26-11(4)21)13(6-17)24-9(2)19/h13-16H,6-7,17H2,1-5H3/t13-,14-,15+,16-/m0/s1. The van der Waals surface area contributed by atoms with Gasteiger partial charge < -0.3 is 29.4 Å². The Balaban J connectivity index is 5.96. The van der Waals surface area contributed by atoms with Gasteiger partial charge in [-0.05, 0) is 0 Å². The normalized spacial score (nSPS) is 14.7. The van der Waals surface area contributed by atoms with Crippen LogP contribution in [0, 0.1) is 0 Å². The van der Waals surface area contributed by atoms with Crippen molar-refractivity contribution in [3.63, 3.8) is 0 Å². The van der Waals surface area contributed by atoms with Crippen LogP contribution in [0.5, 0.6) is 0 Å². The Hall–Kier alpha value is -2.69. The molecule has 0 saturated heterocycles. The molecule has 0 aromatic rings. The minimum absolute atomic E-state index is 0.296. The van der Waals surface area contributed by atoms with Gasteiger partial charge in [-0.3, -0.25) is 24.0 Å². The molecule has 0 rings (SSSR count). The lowest BCUT2D eigenvalue weighted by Gasteiger charge is -2.34. The molecule has 0 amide bonds. The highest BCUT2D eigenvalue weighted by Crippen LogP contribution is 2.19. The zero-order chi connectivity index (χ0) is 21.1. The van der Waals surface area contributed by atoms with Crippen LogP contribution in [0.3, 0.4) is 0 Å². The molecule has 2 N–H and O–H groups in total. The highest BCUT2D eigenvalue weighted by molar-refractivity contribution is 5.69. The minimum Gasteiger partial charge on any atom is -0.462 e. The highest BCUT2D eigenvalue weighted by atomic mass is 16.6. The summed E-state index contributed by atoms with van der Waals surface area (Å²) in [5.74, 6) is -3.79. The van der Waals surface area contributed by atoms with Crippen LogP contribution in [-0.2, 0) is 47.7 Å². The molecule has 0 aliphatic heterocycles. The van der Waals surface area contributed by atoms with Crippen LogP contribution in [-0.4, -0.2) is 67.4 Å². The number of carbonyl (C=O) groups is 5. The molecule has 0 fully saturated rings. The number of carbonyl (C=O) groups excluding carboxylic acids is 5. The van der Waals surface area contributed by atoms with E-state index in [1.165, 1.54) is 0 Å². The molecule has 0 spiro atoms. The van der Waals surface area contributed by atoms with E-state index in [0.717, 1.165) is 34.6 Å². The molecular weight excluding hydrogens is 366 g/mol. The molecule has 0 radical (unpaired) electrons. The maximum atomic E-state index is 11.6. The van der Waals surface area contributed by atoms with Crippen LogP contribution in [0.2, 0.25) is 0 Å². The molecule has 11 heteroatoms. The van der Waals surface area contributed by atoms with E-state index < -0.39 is 60.9 Å². The Morgan fingerprint density at radius 3 is 1.33 bits per heavy atom. The summed E-state index contributed by atoms with van der Waals surface area (Å²) in [6, 6.07) is 0. The van der Waals surface area contributed by atoms with Crippen molar-refractivity contribution in [2.75, 3.05) is 13.2 Å². The zero-order valence-electron chi connectivity index (χ0n) is 15.9. The van der Waals surface area contributed by atoms with Crippen molar-refractivity contribution in [1.29, 1.82) is 0 Å². The summed E-state index contributed by atoms with van der Waals surface area (Å²) in [7, 11) is 0. The first-order valence-electron chi connectivity index (χ1n) is 8.00. The number of hydrogen-bond acceptors (Lipinski definition) is 11. The molecule has 0 saturated carbocycles. The Labute approximate surface area is 156 Å². The van der Waals surface area contributed by atoms with Gasteiger partial charge in [0.15, 0.2) is 24.4 Å². The zero-order valence-corrected chi connectivity index (χ0v) is 15.9. The van der Waals surface area contributed by atoms with E-state index in [2.05, 4.69) is 0 Å². The summed E-state index contributed by atoms with van der Waals surface area (Å²) in [6.07, 6.45) is -5.43. The van der Waals surface area contributed by atoms with E-state index in [-0.39, 0.29) is 6.54 Å². The molecule has 0 aliphatic rings. The first-order valence-corrected chi connectivity index (χ1v) is 8.00. The van der Waals surface area contributed by atoms with Gasteiger partial charge in [0.1, 0.15) is 6.61 Å². The number of hydrogen-bond donors (Lipinski definition) is 1. The van der Waals surface area contributed by atoms with E-state index >= 15 is 0 Å². The molecule has 0 heterocycles. The van der Waals surface area contributed by atoms with Gasteiger partial charge in [0.05, 0.1) is 0 Å². The topological polar surface area (TPSA) is 158 Å². The molecule has 11 nitrogen and oxygen atoms in total. The quantitative estimate of drug-likeness (QED) is 0.368. The van der Waals surface area contributed by atoms with Gasteiger partial charge in [0.25, 0.3) is 0 Å². The summed E-state index contributed by atoms with van der Waals surface area (Å²) in [6.45, 7) is 4.66. The van der Waals surface area contributed by atoms with E-state index in [1.807, 2.05) is 0 Å². The van der Waals surface area contributed by atoms with Crippen molar-refractivity contribution in [3.8, 4) is 0 Å². The van der Waals surface area contributed by atoms with Crippen LogP contribution < -0.4 is 5.73 Å². The third kappa shape index (κ3) is 10.1. The number of esters is 5. The minimum atomic E-state index is -1.46. The lowest BCUT2D eigenvalue weighted by molar-refractivity contribution is -0.201. The molecular formula is C16H25NO10. The largest absolute Gasteiger partial charge is 0.462 e. The third-order valence-electron chi connectivity index (χ3n) is 2.98. The fourth-order valence-electron chi connectivity index (χ4n) is 2.16. The van der Waals surface area contributed by atoms with E-state index in [0.29, 0.717) is 0 Å². The summed E-state index contributed by atoms with van der Waals surface area (Å²) in [5.41, 5.74) is 5.59. The average molecular weight is 391 g/mol. The van der Waals surface area contributed by atoms with Gasteiger partial charge in [-0.1, -0.05) is 0 Å². The molecule has 0 unspecified atom stereocenters. The molecule has 0 aromatic heterocycles. The Morgan fingerprint density at radius 1 is 0.630 bits per heavy atom. The first kappa shape index (κ1) is 24.3. The predicted octanol–water partition coefficient (Wildman–Crippen LogP) is -0.765. The van der Waals surface area contributed by atoms with E-state index in [9.17, 15) is 24.0 Å². The summed E-state index contributed by atoms with van der Waals surface area (Å²) in [5, 5.41) is 0. The SMILES string of the molecule is CC(=O)OC[C@H](OC(C)=O)[C@H](OC(C)=O)[C@H](OC(C)=O)[C@H](CN)OC(C)=O. The summed E-state index contributed by atoms with van der Waals surface area (Å²) >= 11 is 0. The van der Waals surface area contributed by atoms with Gasteiger partial charge in [-0.15, -0.1) is 0 Å². The lowest BCUT2D eigenvalue weighted by Crippen LogP contribution is -2.54. The van der Waals surface area contributed by atoms with Crippen LogP contribution in [0.25, 0.3) is 0 Å². The van der Waals surface area contributed by atoms with Crippen LogP contribution in [0.4, 0.5) is 0 Å². The first-order chi connectivity index (χ1) is 12.5. The number of ether oxygens (including phenoxy) is 5. The van der Waals surface area contributed by atoms with Crippen molar-refractivity contribution >= 4 is 29.8 Å². The molecule has 27 heavy (non-hydrogen) atoms. The molecule has 4 atom stereocenters.